The molecule has 1 aromatic carbocycles. The van der Waals surface area contributed by atoms with E-state index in [1.165, 1.54) is 10.5 Å². The first-order valence-corrected chi connectivity index (χ1v) is 10.2. The Balaban J connectivity index is 2.32. The Morgan fingerprint density at radius 2 is 1.85 bits per heavy atom. The maximum absolute atomic E-state index is 6.31. The lowest BCUT2D eigenvalue weighted by Gasteiger charge is -2.14. The molecule has 0 amide bonds. The lowest BCUT2D eigenvalue weighted by atomic mass is 10.2. The summed E-state index contributed by atoms with van der Waals surface area (Å²) in [6.07, 6.45) is 8.78. The second-order valence-corrected chi connectivity index (χ2v) is 7.54. The second-order valence-electron chi connectivity index (χ2n) is 6.32. The van der Waals surface area contributed by atoms with E-state index in [9.17, 15) is 0 Å². The van der Waals surface area contributed by atoms with Crippen molar-refractivity contribution in [2.24, 2.45) is 5.73 Å². The van der Waals surface area contributed by atoms with Crippen molar-refractivity contribution in [3.63, 3.8) is 0 Å². The van der Waals surface area contributed by atoms with Crippen molar-refractivity contribution in [2.75, 3.05) is 0 Å². The number of aromatic nitrogens is 2. The molecule has 2 aromatic rings. The molecule has 0 spiro atoms. The molecule has 2 N–H and O–H groups in total. The number of allylic oxidation sites excluding steroid dienone is 3. The summed E-state index contributed by atoms with van der Waals surface area (Å²) < 4.78 is 6.31. The molecule has 5 heteroatoms. The lowest BCUT2D eigenvalue weighted by Crippen LogP contribution is -2.00. The van der Waals surface area contributed by atoms with Gasteiger partial charge in [-0.25, -0.2) is 9.97 Å². The van der Waals surface area contributed by atoms with Crippen molar-refractivity contribution >= 4 is 11.8 Å². The predicted molar refractivity (Wildman–Crippen MR) is 115 cm³/mol. The van der Waals surface area contributed by atoms with E-state index in [0.717, 1.165) is 41.2 Å². The molecule has 0 bridgehead atoms. The number of nitrogens with two attached hydrogens (primary N) is 1. The van der Waals surface area contributed by atoms with Crippen LogP contribution in [0.5, 0.6) is 5.75 Å². The zero-order valence-corrected chi connectivity index (χ0v) is 17.5. The van der Waals surface area contributed by atoms with E-state index in [0.29, 0.717) is 12.4 Å². The van der Waals surface area contributed by atoms with Gasteiger partial charge in [0.2, 0.25) is 0 Å². The van der Waals surface area contributed by atoms with Gasteiger partial charge in [-0.1, -0.05) is 49.7 Å². The molecular weight excluding hydrogens is 354 g/mol. The fourth-order valence-corrected chi connectivity index (χ4v) is 3.25. The van der Waals surface area contributed by atoms with Gasteiger partial charge >= 0.3 is 0 Å². The van der Waals surface area contributed by atoms with Crippen molar-refractivity contribution in [1.29, 1.82) is 0 Å². The fraction of sp³-hybridized carbons (Fsp3) is 0.364. The standard InChI is InChI=1S/C22H29N3OS/c1-5-7-12-21(27-17(4)16(3)6-2)26-20-11-9-8-10-19(20)22-24-14-18(13-23)15-25-22/h8-12,14-15H,5-7,13,23H2,1-4H3/b17-16+,21-12-. The fourth-order valence-electron chi connectivity index (χ4n) is 2.30. The molecule has 0 radical (unpaired) electrons. The van der Waals surface area contributed by atoms with Gasteiger partial charge in [-0.15, -0.1) is 0 Å². The van der Waals surface area contributed by atoms with Crippen molar-refractivity contribution in [3.8, 4) is 17.1 Å². The third-order valence-corrected chi connectivity index (χ3v) is 5.37. The van der Waals surface area contributed by atoms with E-state index in [1.54, 1.807) is 24.2 Å². The minimum Gasteiger partial charge on any atom is -0.450 e. The van der Waals surface area contributed by atoms with Gasteiger partial charge in [0.1, 0.15) is 5.75 Å². The van der Waals surface area contributed by atoms with Crippen LogP contribution in [0.1, 0.15) is 52.5 Å². The van der Waals surface area contributed by atoms with Crippen molar-refractivity contribution < 1.29 is 4.74 Å². The van der Waals surface area contributed by atoms with Crippen LogP contribution in [0.2, 0.25) is 0 Å². The van der Waals surface area contributed by atoms with Gasteiger partial charge in [-0.3, -0.25) is 0 Å². The van der Waals surface area contributed by atoms with E-state index >= 15 is 0 Å². The minimum atomic E-state index is 0.432. The summed E-state index contributed by atoms with van der Waals surface area (Å²) in [6.45, 7) is 9.09. The SMILES string of the molecule is CCC/C=C(/Oc1ccccc1-c1ncc(CN)cn1)S/C(C)=C(\C)CC. The van der Waals surface area contributed by atoms with Crippen LogP contribution in [0, 0.1) is 0 Å². The number of hydrogen-bond donors (Lipinski definition) is 1. The van der Waals surface area contributed by atoms with Gasteiger partial charge in [0.15, 0.2) is 10.9 Å². The van der Waals surface area contributed by atoms with Crippen molar-refractivity contribution in [1.82, 2.24) is 9.97 Å². The van der Waals surface area contributed by atoms with Crippen LogP contribution < -0.4 is 10.5 Å². The van der Waals surface area contributed by atoms with Crippen molar-refractivity contribution in [3.05, 3.63) is 63.9 Å². The van der Waals surface area contributed by atoms with E-state index in [1.807, 2.05) is 24.3 Å². The lowest BCUT2D eigenvalue weighted by molar-refractivity contribution is 0.464. The van der Waals surface area contributed by atoms with Crippen LogP contribution >= 0.6 is 11.8 Å². The zero-order valence-electron chi connectivity index (χ0n) is 16.7. The van der Waals surface area contributed by atoms with Crippen molar-refractivity contribution in [2.45, 2.75) is 53.5 Å². The van der Waals surface area contributed by atoms with E-state index in [4.69, 9.17) is 10.5 Å². The molecule has 0 saturated carbocycles. The van der Waals surface area contributed by atoms with E-state index in [2.05, 4.69) is 43.7 Å². The summed E-state index contributed by atoms with van der Waals surface area (Å²) in [5, 5.41) is 0.896. The van der Waals surface area contributed by atoms with E-state index in [-0.39, 0.29) is 0 Å². The van der Waals surface area contributed by atoms with Gasteiger partial charge in [-0.05, 0) is 49.8 Å². The molecule has 0 atom stereocenters. The first-order valence-electron chi connectivity index (χ1n) is 9.41. The molecule has 0 unspecified atom stereocenters. The smallest absolute Gasteiger partial charge is 0.162 e. The molecule has 2 rings (SSSR count). The number of para-hydroxylation sites is 1. The summed E-state index contributed by atoms with van der Waals surface area (Å²) >= 11 is 1.68. The number of benzene rings is 1. The quantitative estimate of drug-likeness (QED) is 0.533. The molecule has 1 heterocycles. The van der Waals surface area contributed by atoms with Crippen LogP contribution in [0.4, 0.5) is 0 Å². The van der Waals surface area contributed by atoms with Crippen LogP contribution in [0.3, 0.4) is 0 Å². The number of ether oxygens (including phenoxy) is 1. The summed E-state index contributed by atoms with van der Waals surface area (Å²) in [5.74, 6) is 1.40. The predicted octanol–water partition coefficient (Wildman–Crippen LogP) is 6.06. The second kappa shape index (κ2) is 10.9. The first kappa shape index (κ1) is 21.2. The van der Waals surface area contributed by atoms with Crippen LogP contribution in [0.15, 0.2) is 58.3 Å². The molecule has 0 saturated heterocycles. The Morgan fingerprint density at radius 3 is 2.48 bits per heavy atom. The Hall–Kier alpha value is -2.11. The Bertz CT molecular complexity index is 797. The highest BCUT2D eigenvalue weighted by molar-refractivity contribution is 8.06. The Labute approximate surface area is 167 Å². The Morgan fingerprint density at radius 1 is 1.15 bits per heavy atom. The summed E-state index contributed by atoms with van der Waals surface area (Å²) in [4.78, 5) is 10.2. The average molecular weight is 384 g/mol. The zero-order chi connectivity index (χ0) is 19.6. The number of unbranched alkanes of at least 4 members (excludes halogenated alkanes) is 1. The molecule has 1 aromatic heterocycles. The molecule has 144 valence electrons. The number of hydrogen-bond acceptors (Lipinski definition) is 5. The molecule has 0 fully saturated rings. The Kier molecular flexibility index (Phi) is 8.55. The number of rotatable bonds is 9. The van der Waals surface area contributed by atoms with Crippen LogP contribution in [-0.2, 0) is 6.54 Å². The third kappa shape index (κ3) is 6.22. The monoisotopic (exact) mass is 383 g/mol. The van der Waals surface area contributed by atoms with Crippen LogP contribution in [0.25, 0.3) is 11.4 Å². The minimum absolute atomic E-state index is 0.432. The molecule has 0 aliphatic heterocycles. The summed E-state index contributed by atoms with van der Waals surface area (Å²) in [7, 11) is 0. The van der Waals surface area contributed by atoms with Gasteiger partial charge in [0.05, 0.1) is 5.56 Å². The molecule has 0 aliphatic rings. The summed E-state index contributed by atoms with van der Waals surface area (Å²) in [6, 6.07) is 7.88. The van der Waals surface area contributed by atoms with Gasteiger partial charge < -0.3 is 10.5 Å². The highest BCUT2D eigenvalue weighted by Crippen LogP contribution is 2.35. The summed E-state index contributed by atoms with van der Waals surface area (Å²) in [5.41, 5.74) is 8.80. The van der Waals surface area contributed by atoms with Gasteiger partial charge in [-0.2, -0.15) is 0 Å². The highest BCUT2D eigenvalue weighted by Gasteiger charge is 2.12. The molecule has 27 heavy (non-hydrogen) atoms. The highest BCUT2D eigenvalue weighted by atomic mass is 32.2. The molecule has 0 aliphatic carbocycles. The van der Waals surface area contributed by atoms with Gasteiger partial charge in [0.25, 0.3) is 0 Å². The molecular formula is C22H29N3OS. The maximum Gasteiger partial charge on any atom is 0.162 e. The van der Waals surface area contributed by atoms with Gasteiger partial charge in [0, 0.05) is 24.5 Å². The average Bonchev–Trinajstić information content (AvgIpc) is 2.71. The largest absolute Gasteiger partial charge is 0.450 e. The normalized spacial score (nSPS) is 12.7. The van der Waals surface area contributed by atoms with Crippen LogP contribution in [-0.4, -0.2) is 9.97 Å². The molecule has 4 nitrogen and oxygen atoms in total. The number of thioether (sulfide) groups is 1. The third-order valence-electron chi connectivity index (χ3n) is 4.26. The first-order chi connectivity index (χ1) is 13.1. The maximum atomic E-state index is 6.31. The topological polar surface area (TPSA) is 61.0 Å². The van der Waals surface area contributed by atoms with E-state index < -0.39 is 0 Å². The number of nitrogens with zero attached hydrogens (tertiary/aromatic N) is 2.